The van der Waals surface area contributed by atoms with Crippen molar-refractivity contribution in [2.24, 2.45) is 5.92 Å². The third-order valence-corrected chi connectivity index (χ3v) is 4.01. The number of nitrogens with zero attached hydrogens (tertiary/aromatic N) is 3. The van der Waals surface area contributed by atoms with Gasteiger partial charge < -0.3 is 9.84 Å². The van der Waals surface area contributed by atoms with E-state index in [2.05, 4.69) is 21.5 Å². The monoisotopic (exact) mass is 328 g/mol. The summed E-state index contributed by atoms with van der Waals surface area (Å²) in [6.45, 7) is 1.68. The summed E-state index contributed by atoms with van der Waals surface area (Å²) in [5, 5.41) is 15.5. The zero-order valence-electron chi connectivity index (χ0n) is 13.3. The van der Waals surface area contributed by atoms with Gasteiger partial charge in [-0.1, -0.05) is 17.3 Å². The number of carbonyl (C=O) groups excluding carboxylic acids is 1. The highest BCUT2D eigenvalue weighted by Crippen LogP contribution is 2.32. The molecule has 7 heteroatoms. The number of rotatable bonds is 6. The third-order valence-electron chi connectivity index (χ3n) is 4.01. The van der Waals surface area contributed by atoms with Crippen molar-refractivity contribution in [3.05, 3.63) is 35.5 Å². The fourth-order valence-corrected chi connectivity index (χ4v) is 2.36. The first-order valence-corrected chi connectivity index (χ1v) is 7.85. The molecule has 1 aliphatic carbocycles. The molecule has 1 heterocycles. The van der Waals surface area contributed by atoms with Gasteiger partial charge in [0, 0.05) is 18.4 Å². The van der Waals surface area contributed by atoms with Gasteiger partial charge in [-0.25, -0.2) is 4.39 Å². The Labute approximate surface area is 138 Å². The maximum absolute atomic E-state index is 13.6. The first-order valence-electron chi connectivity index (χ1n) is 7.85. The number of amides is 1. The molecule has 0 radical (unpaired) electrons. The number of aromatic nitrogens is 2. The predicted octanol–water partition coefficient (Wildman–Crippen LogP) is 2.54. The molecule has 1 aromatic carbocycles. The number of hydrogen-bond acceptors (Lipinski definition) is 5. The lowest BCUT2D eigenvalue weighted by molar-refractivity contribution is -0.121. The standard InChI is InChI=1S/C17H17FN4O2/c1-10-2-3-12(8-13(10)18)17-21-16(24-22-17)7-6-15(23)20-14(9-19)11-4-5-11/h2-3,8,11,14H,4-7H2,1H3,(H,20,23)/t14-/m1/s1. The number of aryl methyl sites for hydroxylation is 2. The Morgan fingerprint density at radius 1 is 1.54 bits per heavy atom. The molecule has 0 bridgehead atoms. The van der Waals surface area contributed by atoms with E-state index in [0.717, 1.165) is 12.8 Å². The van der Waals surface area contributed by atoms with E-state index in [-0.39, 0.29) is 36.3 Å². The van der Waals surface area contributed by atoms with Crippen molar-refractivity contribution in [2.45, 2.75) is 38.6 Å². The summed E-state index contributed by atoms with van der Waals surface area (Å²) in [7, 11) is 0. The Morgan fingerprint density at radius 3 is 3.00 bits per heavy atom. The molecular weight excluding hydrogens is 311 g/mol. The van der Waals surface area contributed by atoms with E-state index >= 15 is 0 Å². The van der Waals surface area contributed by atoms with Gasteiger partial charge in [-0.2, -0.15) is 10.2 Å². The number of benzene rings is 1. The molecule has 0 unspecified atom stereocenters. The molecule has 2 aromatic rings. The molecule has 1 atom stereocenters. The molecule has 0 aliphatic heterocycles. The maximum Gasteiger partial charge on any atom is 0.227 e. The van der Waals surface area contributed by atoms with Crippen LogP contribution in [0.15, 0.2) is 22.7 Å². The molecule has 1 saturated carbocycles. The zero-order valence-corrected chi connectivity index (χ0v) is 13.3. The fourth-order valence-electron chi connectivity index (χ4n) is 2.36. The zero-order chi connectivity index (χ0) is 17.1. The number of hydrogen-bond donors (Lipinski definition) is 1. The second-order valence-corrected chi connectivity index (χ2v) is 5.99. The Morgan fingerprint density at radius 2 is 2.33 bits per heavy atom. The van der Waals surface area contributed by atoms with E-state index in [9.17, 15) is 9.18 Å². The van der Waals surface area contributed by atoms with Gasteiger partial charge in [0.2, 0.25) is 17.6 Å². The smallest absolute Gasteiger partial charge is 0.227 e. The average Bonchev–Trinajstić information content (AvgIpc) is 3.31. The Balaban J connectivity index is 1.57. The highest BCUT2D eigenvalue weighted by molar-refractivity contribution is 5.76. The van der Waals surface area contributed by atoms with Crippen LogP contribution in [0, 0.1) is 30.0 Å². The normalized spacial score (nSPS) is 14.9. The summed E-state index contributed by atoms with van der Waals surface area (Å²) in [5.74, 6) is 0.332. The van der Waals surface area contributed by atoms with Gasteiger partial charge in [0.25, 0.3) is 0 Å². The molecule has 6 nitrogen and oxygen atoms in total. The molecule has 124 valence electrons. The summed E-state index contributed by atoms with van der Waals surface area (Å²) in [5.41, 5.74) is 1.07. The molecule has 0 spiro atoms. The van der Waals surface area contributed by atoms with Crippen LogP contribution in [0.2, 0.25) is 0 Å². The van der Waals surface area contributed by atoms with Gasteiger partial charge >= 0.3 is 0 Å². The average molecular weight is 328 g/mol. The van der Waals surface area contributed by atoms with Gasteiger partial charge in [-0.15, -0.1) is 0 Å². The summed E-state index contributed by atoms with van der Waals surface area (Å²) in [6.07, 6.45) is 2.40. The number of nitrogens with one attached hydrogen (secondary N) is 1. The van der Waals surface area contributed by atoms with Gasteiger partial charge in [0.1, 0.15) is 11.9 Å². The molecule has 1 aliphatic rings. The second-order valence-electron chi connectivity index (χ2n) is 5.99. The van der Waals surface area contributed by atoms with Crippen molar-refractivity contribution < 1.29 is 13.7 Å². The van der Waals surface area contributed by atoms with Crippen molar-refractivity contribution >= 4 is 5.91 Å². The van der Waals surface area contributed by atoms with Crippen molar-refractivity contribution in [1.29, 1.82) is 5.26 Å². The summed E-state index contributed by atoms with van der Waals surface area (Å²) < 4.78 is 18.7. The van der Waals surface area contributed by atoms with Gasteiger partial charge in [-0.3, -0.25) is 4.79 Å². The second kappa shape index (κ2) is 6.79. The van der Waals surface area contributed by atoms with E-state index in [1.807, 2.05) is 0 Å². The van der Waals surface area contributed by atoms with Crippen LogP contribution in [0.25, 0.3) is 11.4 Å². The van der Waals surface area contributed by atoms with Crippen molar-refractivity contribution in [3.63, 3.8) is 0 Å². The molecule has 1 N–H and O–H groups in total. The lowest BCUT2D eigenvalue weighted by atomic mass is 10.1. The topological polar surface area (TPSA) is 91.8 Å². The van der Waals surface area contributed by atoms with Crippen LogP contribution in [0.3, 0.4) is 0 Å². The minimum Gasteiger partial charge on any atom is -0.340 e. The lowest BCUT2D eigenvalue weighted by Crippen LogP contribution is -2.35. The van der Waals surface area contributed by atoms with Crippen molar-refractivity contribution in [1.82, 2.24) is 15.5 Å². The Bertz CT molecular complexity index is 792. The summed E-state index contributed by atoms with van der Waals surface area (Å²) in [4.78, 5) is 16.1. The van der Waals surface area contributed by atoms with Crippen LogP contribution < -0.4 is 5.32 Å². The third kappa shape index (κ3) is 3.77. The van der Waals surface area contributed by atoms with Crippen molar-refractivity contribution in [2.75, 3.05) is 0 Å². The van der Waals surface area contributed by atoms with Crippen LogP contribution in [0.5, 0.6) is 0 Å². The van der Waals surface area contributed by atoms with Crippen molar-refractivity contribution in [3.8, 4) is 17.5 Å². The molecule has 1 fully saturated rings. The fraction of sp³-hybridized carbons (Fsp3) is 0.412. The molecule has 3 rings (SSSR count). The number of carbonyl (C=O) groups is 1. The minimum atomic E-state index is -0.411. The first-order chi connectivity index (χ1) is 11.6. The minimum absolute atomic E-state index is 0.162. The molecular formula is C17H17FN4O2. The maximum atomic E-state index is 13.6. The SMILES string of the molecule is Cc1ccc(-c2noc(CCC(=O)N[C@H](C#N)C3CC3)n2)cc1F. The number of halogens is 1. The van der Waals surface area contributed by atoms with E-state index < -0.39 is 6.04 Å². The molecule has 24 heavy (non-hydrogen) atoms. The summed E-state index contributed by atoms with van der Waals surface area (Å²) >= 11 is 0. The molecule has 1 aromatic heterocycles. The van der Waals surface area contributed by atoms with Crippen LogP contribution in [0.4, 0.5) is 4.39 Å². The van der Waals surface area contributed by atoms with Gasteiger partial charge in [0.15, 0.2) is 0 Å². The van der Waals surface area contributed by atoms with Gasteiger partial charge in [-0.05, 0) is 37.3 Å². The lowest BCUT2D eigenvalue weighted by Gasteiger charge is -2.09. The van der Waals surface area contributed by atoms with Gasteiger partial charge in [0.05, 0.1) is 6.07 Å². The molecule has 0 saturated heterocycles. The highest BCUT2D eigenvalue weighted by atomic mass is 19.1. The predicted molar refractivity (Wildman–Crippen MR) is 83.0 cm³/mol. The largest absolute Gasteiger partial charge is 0.340 e. The van der Waals surface area contributed by atoms with Crippen LogP contribution in [-0.4, -0.2) is 22.1 Å². The van der Waals surface area contributed by atoms with E-state index in [0.29, 0.717) is 17.0 Å². The van der Waals surface area contributed by atoms with E-state index in [1.165, 1.54) is 6.07 Å². The van der Waals surface area contributed by atoms with Crippen LogP contribution in [-0.2, 0) is 11.2 Å². The van der Waals surface area contributed by atoms with Crippen LogP contribution >= 0.6 is 0 Å². The van der Waals surface area contributed by atoms with Crippen LogP contribution in [0.1, 0.15) is 30.7 Å². The Kier molecular flexibility index (Phi) is 4.56. The van der Waals surface area contributed by atoms with E-state index in [1.54, 1.807) is 19.1 Å². The molecule has 1 amide bonds. The Hall–Kier alpha value is -2.75. The first kappa shape index (κ1) is 16.1. The number of nitriles is 1. The highest BCUT2D eigenvalue weighted by Gasteiger charge is 2.32. The quantitative estimate of drug-likeness (QED) is 0.880. The summed E-state index contributed by atoms with van der Waals surface area (Å²) in [6, 6.07) is 6.41. The van der Waals surface area contributed by atoms with E-state index in [4.69, 9.17) is 9.78 Å².